The molecule has 0 aliphatic rings. The maximum Gasteiger partial charge on any atom is 0.127 e. The Balaban J connectivity index is 2.22. The van der Waals surface area contributed by atoms with Crippen LogP contribution in [0.5, 0.6) is 11.5 Å². The van der Waals surface area contributed by atoms with Crippen LogP contribution >= 0.6 is 0 Å². The lowest BCUT2D eigenvalue weighted by Gasteiger charge is -2.23. The van der Waals surface area contributed by atoms with Crippen molar-refractivity contribution in [2.45, 2.75) is 79.1 Å². The van der Waals surface area contributed by atoms with Crippen LogP contribution in [0, 0.1) is 0 Å². The molecule has 0 amide bonds. The van der Waals surface area contributed by atoms with Crippen molar-refractivity contribution in [2.75, 3.05) is 0 Å². The van der Waals surface area contributed by atoms with Gasteiger partial charge in [-0.2, -0.15) is 0 Å². The molecule has 0 aromatic heterocycles. The fourth-order valence-corrected chi connectivity index (χ4v) is 5.71. The third kappa shape index (κ3) is 4.04. The molecule has 0 bridgehead atoms. The molecule has 0 atom stereocenters. The van der Waals surface area contributed by atoms with Crippen LogP contribution in [0.2, 0.25) is 0 Å². The Kier molecular flexibility index (Phi) is 7.46. The predicted octanol–water partition coefficient (Wildman–Crippen LogP) is 8.88. The lowest BCUT2D eigenvalue weighted by atomic mass is 9.82. The number of benzene rings is 4. The molecule has 0 aliphatic carbocycles. The maximum atomic E-state index is 11.8. The van der Waals surface area contributed by atoms with E-state index < -0.39 is 0 Å². The number of hydrogen-bond donors (Lipinski definition) is 2. The second-order valence-corrected chi connectivity index (χ2v) is 9.45. The number of fused-ring (bicyclic) bond motifs is 2. The fourth-order valence-electron chi connectivity index (χ4n) is 5.71. The van der Waals surface area contributed by atoms with Crippen LogP contribution in [0.25, 0.3) is 32.7 Å². The van der Waals surface area contributed by atoms with Gasteiger partial charge in [0.15, 0.2) is 0 Å². The van der Waals surface area contributed by atoms with Crippen LogP contribution in [0.4, 0.5) is 0 Å². The van der Waals surface area contributed by atoms with Crippen molar-refractivity contribution in [1.29, 1.82) is 0 Å². The normalized spacial score (nSPS) is 11.5. The summed E-state index contributed by atoms with van der Waals surface area (Å²) < 4.78 is 0. The van der Waals surface area contributed by atoms with E-state index >= 15 is 0 Å². The zero-order chi connectivity index (χ0) is 24.2. The summed E-state index contributed by atoms with van der Waals surface area (Å²) in [5.74, 6) is 0.685. The van der Waals surface area contributed by atoms with E-state index in [-0.39, 0.29) is 0 Å². The van der Waals surface area contributed by atoms with Gasteiger partial charge in [0.05, 0.1) is 0 Å². The van der Waals surface area contributed by atoms with Gasteiger partial charge in [-0.05, 0) is 69.5 Å². The van der Waals surface area contributed by atoms with Gasteiger partial charge >= 0.3 is 0 Å². The summed E-state index contributed by atoms with van der Waals surface area (Å²) in [5, 5.41) is 28.1. The topological polar surface area (TPSA) is 40.5 Å². The summed E-state index contributed by atoms with van der Waals surface area (Å²) in [6.45, 7) is 8.71. The average molecular weight is 455 g/mol. The molecule has 0 saturated carbocycles. The number of phenols is 2. The summed E-state index contributed by atoms with van der Waals surface area (Å²) in [6.07, 6.45) is 7.51. The largest absolute Gasteiger partial charge is 0.507 e. The van der Waals surface area contributed by atoms with Crippen LogP contribution in [-0.4, -0.2) is 10.2 Å². The number of aromatic hydroxyl groups is 2. The molecule has 2 heteroatoms. The van der Waals surface area contributed by atoms with Crippen LogP contribution < -0.4 is 0 Å². The molecule has 4 rings (SSSR count). The third-order valence-electron chi connectivity index (χ3n) is 7.07. The first kappa shape index (κ1) is 24.1. The summed E-state index contributed by atoms with van der Waals surface area (Å²) in [6, 6.07) is 16.8. The van der Waals surface area contributed by atoms with Gasteiger partial charge < -0.3 is 10.2 Å². The first-order chi connectivity index (χ1) is 16.6. The number of phenolic OH excluding ortho intramolecular Hbond substituents is 2. The van der Waals surface area contributed by atoms with E-state index in [2.05, 4.69) is 64.1 Å². The smallest absolute Gasteiger partial charge is 0.127 e. The van der Waals surface area contributed by atoms with Crippen molar-refractivity contribution in [3.8, 4) is 22.6 Å². The highest BCUT2D eigenvalue weighted by atomic mass is 16.3. The van der Waals surface area contributed by atoms with Gasteiger partial charge in [-0.3, -0.25) is 0 Å². The first-order valence-electron chi connectivity index (χ1n) is 13.1. The van der Waals surface area contributed by atoms with Crippen molar-refractivity contribution in [3.63, 3.8) is 0 Å². The average Bonchev–Trinajstić information content (AvgIpc) is 2.85. The van der Waals surface area contributed by atoms with Crippen LogP contribution in [-0.2, 0) is 25.7 Å². The molecule has 0 aliphatic heterocycles. The monoisotopic (exact) mass is 454 g/mol. The van der Waals surface area contributed by atoms with E-state index in [1.165, 1.54) is 21.9 Å². The Morgan fingerprint density at radius 2 is 0.735 bits per heavy atom. The first-order valence-corrected chi connectivity index (χ1v) is 13.1. The van der Waals surface area contributed by atoms with Crippen molar-refractivity contribution >= 4 is 21.5 Å². The summed E-state index contributed by atoms with van der Waals surface area (Å²) >= 11 is 0. The molecule has 0 unspecified atom stereocenters. The minimum absolute atomic E-state index is 0.343. The second kappa shape index (κ2) is 10.5. The molecule has 34 heavy (non-hydrogen) atoms. The van der Waals surface area contributed by atoms with Gasteiger partial charge in [-0.25, -0.2) is 0 Å². The van der Waals surface area contributed by atoms with E-state index in [1.807, 2.05) is 12.1 Å². The Bertz CT molecular complexity index is 1210. The molecule has 2 nitrogen and oxygen atoms in total. The van der Waals surface area contributed by atoms with E-state index in [1.54, 1.807) is 0 Å². The molecule has 178 valence electrons. The number of hydrogen-bond acceptors (Lipinski definition) is 2. The Morgan fingerprint density at radius 3 is 1.06 bits per heavy atom. The SMILES string of the molecule is CCCc1c(O)c(-c2c(O)c(CCC)c(CCC)c3ccccc23)c2ccccc2c1CCC. The third-order valence-corrected chi connectivity index (χ3v) is 7.07. The van der Waals surface area contributed by atoms with Gasteiger partial charge in [0.25, 0.3) is 0 Å². The maximum absolute atomic E-state index is 11.8. The molecule has 0 heterocycles. The van der Waals surface area contributed by atoms with E-state index in [4.69, 9.17) is 0 Å². The fraction of sp³-hybridized carbons (Fsp3) is 0.375. The highest BCUT2D eigenvalue weighted by molar-refractivity contribution is 6.12. The molecule has 0 fully saturated rings. The Labute approximate surface area is 204 Å². The lowest BCUT2D eigenvalue weighted by Crippen LogP contribution is -2.02. The predicted molar refractivity (Wildman–Crippen MR) is 146 cm³/mol. The summed E-state index contributed by atoms with van der Waals surface area (Å²) in [5.41, 5.74) is 6.15. The van der Waals surface area contributed by atoms with E-state index in [0.717, 1.165) is 84.4 Å². The quantitative estimate of drug-likeness (QED) is 0.265. The zero-order valence-electron chi connectivity index (χ0n) is 21.2. The van der Waals surface area contributed by atoms with Crippen molar-refractivity contribution in [1.82, 2.24) is 0 Å². The Morgan fingerprint density at radius 1 is 0.441 bits per heavy atom. The molecular weight excluding hydrogens is 416 g/mol. The minimum Gasteiger partial charge on any atom is -0.507 e. The molecule has 0 radical (unpaired) electrons. The highest BCUT2D eigenvalue weighted by Crippen LogP contribution is 2.50. The van der Waals surface area contributed by atoms with Crippen LogP contribution in [0.3, 0.4) is 0 Å². The summed E-state index contributed by atoms with van der Waals surface area (Å²) in [4.78, 5) is 0. The van der Waals surface area contributed by atoms with Crippen molar-refractivity contribution < 1.29 is 10.2 Å². The molecule has 0 saturated heterocycles. The molecule has 4 aromatic carbocycles. The highest BCUT2D eigenvalue weighted by Gasteiger charge is 2.25. The molecule has 0 spiro atoms. The van der Waals surface area contributed by atoms with Gasteiger partial charge in [0.2, 0.25) is 0 Å². The lowest BCUT2D eigenvalue weighted by molar-refractivity contribution is 0.461. The van der Waals surface area contributed by atoms with Gasteiger partial charge in [0, 0.05) is 11.1 Å². The van der Waals surface area contributed by atoms with Crippen LogP contribution in [0.1, 0.15) is 75.6 Å². The number of aryl methyl sites for hydroxylation is 2. The standard InChI is InChI=1S/C32H38O2/c1-5-13-21-23-17-9-11-19-25(23)29(31(33)27(21)15-7-3)30-26-20-12-10-18-24(26)22(14-6-2)28(16-8-4)32(30)34/h9-12,17-20,33-34H,5-8,13-16H2,1-4H3. The second-order valence-electron chi connectivity index (χ2n) is 9.45. The van der Waals surface area contributed by atoms with E-state index in [0.29, 0.717) is 11.5 Å². The van der Waals surface area contributed by atoms with Crippen LogP contribution in [0.15, 0.2) is 48.5 Å². The molecule has 4 aromatic rings. The van der Waals surface area contributed by atoms with Gasteiger partial charge in [-0.15, -0.1) is 0 Å². The van der Waals surface area contributed by atoms with Crippen molar-refractivity contribution in [2.24, 2.45) is 0 Å². The van der Waals surface area contributed by atoms with Gasteiger partial charge in [0.1, 0.15) is 11.5 Å². The minimum atomic E-state index is 0.343. The molecule has 2 N–H and O–H groups in total. The molecular formula is C32H38O2. The Hall–Kier alpha value is -3.00. The zero-order valence-corrected chi connectivity index (χ0v) is 21.2. The van der Waals surface area contributed by atoms with Gasteiger partial charge in [-0.1, -0.05) is 102 Å². The summed E-state index contributed by atoms with van der Waals surface area (Å²) in [7, 11) is 0. The number of rotatable bonds is 9. The van der Waals surface area contributed by atoms with E-state index in [9.17, 15) is 10.2 Å². The van der Waals surface area contributed by atoms with Crippen molar-refractivity contribution in [3.05, 3.63) is 70.8 Å².